The van der Waals surface area contributed by atoms with Crippen molar-refractivity contribution in [2.75, 3.05) is 11.9 Å². The van der Waals surface area contributed by atoms with Crippen molar-refractivity contribution in [1.82, 2.24) is 20.2 Å². The molecule has 0 radical (unpaired) electrons. The molecule has 0 aliphatic carbocycles. The Hall–Kier alpha value is -1.99. The van der Waals surface area contributed by atoms with E-state index in [9.17, 15) is 4.79 Å². The number of aromatic nitrogens is 4. The topological polar surface area (TPSA) is 98.7 Å². The molecule has 0 atom stereocenters. The molecule has 8 heteroatoms. The summed E-state index contributed by atoms with van der Waals surface area (Å²) < 4.78 is 1.45. The van der Waals surface area contributed by atoms with Crippen molar-refractivity contribution in [2.24, 2.45) is 5.73 Å². The second-order valence-corrected chi connectivity index (χ2v) is 3.58. The third-order valence-corrected chi connectivity index (χ3v) is 2.35. The van der Waals surface area contributed by atoms with Crippen LogP contribution < -0.4 is 11.1 Å². The number of hydrogen-bond donors (Lipinski definition) is 2. The van der Waals surface area contributed by atoms with Gasteiger partial charge in [-0.25, -0.2) is 4.68 Å². The molecule has 0 aliphatic rings. The SMILES string of the molecule is NCC(=O)Nc1cc(-n2cnnn2)ccc1Cl. The van der Waals surface area contributed by atoms with Gasteiger partial charge in [0.05, 0.1) is 22.9 Å². The Balaban J connectivity index is 2.33. The van der Waals surface area contributed by atoms with E-state index in [2.05, 4.69) is 20.8 Å². The largest absolute Gasteiger partial charge is 0.324 e. The van der Waals surface area contributed by atoms with E-state index in [1.165, 1.54) is 11.0 Å². The van der Waals surface area contributed by atoms with E-state index in [0.29, 0.717) is 16.4 Å². The molecule has 1 heterocycles. The Morgan fingerprint density at radius 2 is 2.35 bits per heavy atom. The minimum absolute atomic E-state index is 0.106. The van der Waals surface area contributed by atoms with Crippen molar-refractivity contribution in [3.05, 3.63) is 29.5 Å². The van der Waals surface area contributed by atoms with Crippen LogP contribution in [0.2, 0.25) is 5.02 Å². The molecule has 1 aromatic carbocycles. The molecule has 88 valence electrons. The highest BCUT2D eigenvalue weighted by molar-refractivity contribution is 6.33. The number of nitrogens with one attached hydrogen (secondary N) is 1. The Kier molecular flexibility index (Phi) is 3.31. The average Bonchev–Trinajstić information content (AvgIpc) is 2.85. The lowest BCUT2D eigenvalue weighted by molar-refractivity contribution is -0.114. The van der Waals surface area contributed by atoms with E-state index < -0.39 is 0 Å². The van der Waals surface area contributed by atoms with Crippen molar-refractivity contribution < 1.29 is 4.79 Å². The summed E-state index contributed by atoms with van der Waals surface area (Å²) >= 11 is 5.94. The molecule has 1 amide bonds. The van der Waals surface area contributed by atoms with E-state index in [0.717, 1.165) is 0 Å². The molecule has 0 saturated carbocycles. The molecule has 0 unspecified atom stereocenters. The van der Waals surface area contributed by atoms with Gasteiger partial charge in [0.25, 0.3) is 0 Å². The van der Waals surface area contributed by atoms with Gasteiger partial charge in [-0.1, -0.05) is 11.6 Å². The number of benzene rings is 1. The summed E-state index contributed by atoms with van der Waals surface area (Å²) in [6.07, 6.45) is 1.44. The highest BCUT2D eigenvalue weighted by Crippen LogP contribution is 2.24. The van der Waals surface area contributed by atoms with E-state index in [-0.39, 0.29) is 12.5 Å². The first-order valence-corrected chi connectivity index (χ1v) is 5.11. The number of amides is 1. The van der Waals surface area contributed by atoms with E-state index in [1.807, 2.05) is 0 Å². The van der Waals surface area contributed by atoms with Crippen LogP contribution in [0, 0.1) is 0 Å². The monoisotopic (exact) mass is 252 g/mol. The van der Waals surface area contributed by atoms with Gasteiger partial charge in [0, 0.05) is 0 Å². The summed E-state index contributed by atoms with van der Waals surface area (Å²) in [6.45, 7) is -0.106. The number of nitrogens with two attached hydrogens (primary N) is 1. The van der Waals surface area contributed by atoms with Crippen molar-refractivity contribution in [3.63, 3.8) is 0 Å². The molecule has 2 aromatic rings. The van der Waals surface area contributed by atoms with Crippen LogP contribution in [-0.2, 0) is 4.79 Å². The second kappa shape index (κ2) is 4.89. The zero-order chi connectivity index (χ0) is 12.3. The van der Waals surface area contributed by atoms with Crippen LogP contribution >= 0.6 is 11.6 Å². The average molecular weight is 253 g/mol. The molecule has 0 bridgehead atoms. The van der Waals surface area contributed by atoms with Crippen LogP contribution in [0.15, 0.2) is 24.5 Å². The Morgan fingerprint density at radius 1 is 1.53 bits per heavy atom. The molecule has 1 aromatic heterocycles. The van der Waals surface area contributed by atoms with Gasteiger partial charge in [-0.05, 0) is 28.6 Å². The summed E-state index contributed by atoms with van der Waals surface area (Å²) in [5.74, 6) is -0.319. The molecule has 3 N–H and O–H groups in total. The number of carbonyl (C=O) groups excluding carboxylic acids is 1. The minimum atomic E-state index is -0.319. The number of rotatable bonds is 3. The minimum Gasteiger partial charge on any atom is -0.324 e. The normalized spacial score (nSPS) is 10.2. The highest BCUT2D eigenvalue weighted by Gasteiger charge is 2.07. The number of hydrogen-bond acceptors (Lipinski definition) is 5. The summed E-state index contributed by atoms with van der Waals surface area (Å²) in [5.41, 5.74) is 6.36. The maximum Gasteiger partial charge on any atom is 0.238 e. The number of anilines is 1. The van der Waals surface area contributed by atoms with E-state index in [1.54, 1.807) is 18.2 Å². The van der Waals surface area contributed by atoms with Crippen molar-refractivity contribution >= 4 is 23.2 Å². The molecule has 0 aliphatic heterocycles. The Labute approximate surface area is 102 Å². The van der Waals surface area contributed by atoms with Crippen LogP contribution in [0.5, 0.6) is 0 Å². The lowest BCUT2D eigenvalue weighted by atomic mass is 10.2. The van der Waals surface area contributed by atoms with Gasteiger partial charge in [0.2, 0.25) is 5.91 Å². The van der Waals surface area contributed by atoms with Gasteiger partial charge in [-0.3, -0.25) is 4.79 Å². The fraction of sp³-hybridized carbons (Fsp3) is 0.111. The van der Waals surface area contributed by atoms with E-state index >= 15 is 0 Å². The molecular weight excluding hydrogens is 244 g/mol. The first-order chi connectivity index (χ1) is 8.20. The fourth-order valence-electron chi connectivity index (χ4n) is 1.23. The van der Waals surface area contributed by atoms with Gasteiger partial charge < -0.3 is 11.1 Å². The third kappa shape index (κ3) is 2.58. The van der Waals surface area contributed by atoms with Crippen molar-refractivity contribution in [3.8, 4) is 5.69 Å². The summed E-state index contributed by atoms with van der Waals surface area (Å²) in [6, 6.07) is 5.04. The maximum atomic E-state index is 11.2. The molecule has 0 fully saturated rings. The van der Waals surface area contributed by atoms with Crippen LogP contribution in [0.25, 0.3) is 5.69 Å². The summed E-state index contributed by atoms with van der Waals surface area (Å²) in [4.78, 5) is 11.2. The summed E-state index contributed by atoms with van der Waals surface area (Å²) in [5, 5.41) is 13.8. The number of halogens is 1. The van der Waals surface area contributed by atoms with Crippen molar-refractivity contribution in [2.45, 2.75) is 0 Å². The first kappa shape index (κ1) is 11.5. The second-order valence-electron chi connectivity index (χ2n) is 3.17. The van der Waals surface area contributed by atoms with Crippen LogP contribution in [0.3, 0.4) is 0 Å². The van der Waals surface area contributed by atoms with Crippen LogP contribution in [0.1, 0.15) is 0 Å². The molecule has 0 spiro atoms. The third-order valence-electron chi connectivity index (χ3n) is 2.02. The van der Waals surface area contributed by atoms with Crippen molar-refractivity contribution in [1.29, 1.82) is 0 Å². The molecule has 7 nitrogen and oxygen atoms in total. The molecular formula is C9H9ClN6O. The highest BCUT2D eigenvalue weighted by atomic mass is 35.5. The Morgan fingerprint density at radius 3 is 3.00 bits per heavy atom. The van der Waals surface area contributed by atoms with Crippen LogP contribution in [-0.4, -0.2) is 32.7 Å². The van der Waals surface area contributed by atoms with Gasteiger partial charge in [-0.2, -0.15) is 0 Å². The quantitative estimate of drug-likeness (QED) is 0.814. The standard InChI is InChI=1S/C9H9ClN6O/c10-7-2-1-6(16-5-12-14-15-16)3-8(7)13-9(17)4-11/h1-3,5H,4,11H2,(H,13,17). The zero-order valence-corrected chi connectivity index (χ0v) is 9.42. The number of carbonyl (C=O) groups is 1. The summed E-state index contributed by atoms with van der Waals surface area (Å²) in [7, 11) is 0. The predicted octanol–water partition coefficient (Wildman–Crippen LogP) is 0.213. The predicted molar refractivity (Wildman–Crippen MR) is 61.8 cm³/mol. The van der Waals surface area contributed by atoms with E-state index in [4.69, 9.17) is 17.3 Å². The van der Waals surface area contributed by atoms with Gasteiger partial charge in [0.15, 0.2) is 0 Å². The number of nitrogens with zero attached hydrogens (tertiary/aromatic N) is 4. The van der Waals surface area contributed by atoms with Gasteiger partial charge in [-0.15, -0.1) is 5.10 Å². The van der Waals surface area contributed by atoms with Gasteiger partial charge in [0.1, 0.15) is 6.33 Å². The molecule has 0 saturated heterocycles. The fourth-order valence-corrected chi connectivity index (χ4v) is 1.40. The smallest absolute Gasteiger partial charge is 0.238 e. The maximum absolute atomic E-state index is 11.2. The van der Waals surface area contributed by atoms with Crippen LogP contribution in [0.4, 0.5) is 5.69 Å². The Bertz CT molecular complexity index is 526. The number of tetrazole rings is 1. The first-order valence-electron chi connectivity index (χ1n) is 4.73. The lowest BCUT2D eigenvalue weighted by Gasteiger charge is -2.08. The molecule has 17 heavy (non-hydrogen) atoms. The van der Waals surface area contributed by atoms with Gasteiger partial charge >= 0.3 is 0 Å². The zero-order valence-electron chi connectivity index (χ0n) is 8.67. The molecule has 2 rings (SSSR count). The lowest BCUT2D eigenvalue weighted by Crippen LogP contribution is -2.22.